The number of methoxy groups -OCH3 is 1. The van der Waals surface area contributed by atoms with Gasteiger partial charge in [-0.1, -0.05) is 38.2 Å². The summed E-state index contributed by atoms with van der Waals surface area (Å²) in [5.41, 5.74) is 2.95. The van der Waals surface area contributed by atoms with Crippen molar-refractivity contribution in [2.75, 3.05) is 13.7 Å². The molecule has 1 unspecified atom stereocenters. The van der Waals surface area contributed by atoms with E-state index >= 15 is 0 Å². The van der Waals surface area contributed by atoms with Crippen molar-refractivity contribution in [1.29, 1.82) is 0 Å². The van der Waals surface area contributed by atoms with Gasteiger partial charge in [-0.2, -0.15) is 0 Å². The van der Waals surface area contributed by atoms with Crippen LogP contribution in [0.4, 0.5) is 0 Å². The lowest BCUT2D eigenvalue weighted by atomic mass is 9.58. The monoisotopic (exact) mass is 400 g/mol. The minimum absolute atomic E-state index is 0.0567. The van der Waals surface area contributed by atoms with Crippen LogP contribution in [0.1, 0.15) is 100 Å². The van der Waals surface area contributed by atoms with E-state index < -0.39 is 0 Å². The minimum Gasteiger partial charge on any atom is -0.508 e. The third kappa shape index (κ3) is 4.66. The Bertz CT molecular complexity index is 657. The first-order valence-corrected chi connectivity index (χ1v) is 12.2. The molecule has 0 aromatic heterocycles. The Morgan fingerprint density at radius 3 is 2.45 bits per heavy atom. The molecule has 0 bridgehead atoms. The number of hydrogen-bond acceptors (Lipinski definition) is 3. The molecule has 162 valence electrons. The van der Waals surface area contributed by atoms with E-state index in [9.17, 15) is 10.2 Å². The quantitative estimate of drug-likeness (QED) is 0.490. The largest absolute Gasteiger partial charge is 0.508 e. The van der Waals surface area contributed by atoms with Crippen LogP contribution in [0.15, 0.2) is 18.2 Å². The second-order valence-electron chi connectivity index (χ2n) is 9.97. The smallest absolute Gasteiger partial charge is 0.115 e. The first kappa shape index (κ1) is 21.2. The highest BCUT2D eigenvalue weighted by Crippen LogP contribution is 2.58. The Balaban J connectivity index is 1.39. The van der Waals surface area contributed by atoms with Gasteiger partial charge in [0.15, 0.2) is 0 Å². The molecular weight excluding hydrogens is 360 g/mol. The predicted octanol–water partition coefficient (Wildman–Crippen LogP) is 6.14. The molecule has 3 aliphatic rings. The first-order chi connectivity index (χ1) is 14.2. The average molecular weight is 401 g/mol. The molecule has 6 atom stereocenters. The Labute approximate surface area is 176 Å². The molecule has 4 rings (SSSR count). The van der Waals surface area contributed by atoms with Crippen molar-refractivity contribution < 1.29 is 14.9 Å². The summed E-state index contributed by atoms with van der Waals surface area (Å²) >= 11 is 0. The van der Waals surface area contributed by atoms with Crippen LogP contribution in [0.3, 0.4) is 0 Å². The van der Waals surface area contributed by atoms with Gasteiger partial charge in [-0.25, -0.2) is 0 Å². The molecule has 2 N–H and O–H groups in total. The number of aromatic hydroxyl groups is 1. The zero-order chi connectivity index (χ0) is 20.2. The number of phenols is 1. The van der Waals surface area contributed by atoms with Crippen molar-refractivity contribution >= 4 is 0 Å². The van der Waals surface area contributed by atoms with Gasteiger partial charge in [-0.15, -0.1) is 0 Å². The maximum atomic E-state index is 10.4. The fourth-order valence-electron chi connectivity index (χ4n) is 6.95. The van der Waals surface area contributed by atoms with E-state index in [1.807, 2.05) is 6.07 Å². The molecule has 1 aromatic carbocycles. The summed E-state index contributed by atoms with van der Waals surface area (Å²) in [7, 11) is 1.78. The van der Waals surface area contributed by atoms with Gasteiger partial charge in [0.25, 0.3) is 0 Å². The molecule has 0 aliphatic heterocycles. The second kappa shape index (κ2) is 9.83. The standard InChI is InChI=1S/C26H40O3/c1-29-15-7-5-3-2-4-6-8-18-16-25-21(20-10-9-19(27)17-24(18)20)11-12-23-22(25)13-14-26(23)28/h9-10,17-18,21-23,25-28H,2-8,11-16H2,1H3/t18-,21-,22-,23?,25-,26+/m1/s1. The number of hydrogen-bond donors (Lipinski definition) is 2. The SMILES string of the molecule is COCCCCCCCC[C@@H]1C[C@@H]2[C@H](CCC3[C@H]2CC[C@@H]3O)c2ccc(O)cc21. The van der Waals surface area contributed by atoms with Crippen molar-refractivity contribution in [3.63, 3.8) is 0 Å². The Kier molecular flexibility index (Phi) is 7.18. The van der Waals surface area contributed by atoms with Gasteiger partial charge in [0.2, 0.25) is 0 Å². The molecule has 0 spiro atoms. The Morgan fingerprint density at radius 1 is 0.862 bits per heavy atom. The van der Waals surface area contributed by atoms with Crippen molar-refractivity contribution in [1.82, 2.24) is 0 Å². The molecule has 0 heterocycles. The Hall–Kier alpha value is -1.06. The molecule has 3 aliphatic carbocycles. The lowest BCUT2D eigenvalue weighted by molar-refractivity contribution is 0.0523. The molecule has 3 nitrogen and oxygen atoms in total. The number of ether oxygens (including phenoxy) is 1. The van der Waals surface area contributed by atoms with Crippen LogP contribution in [0.5, 0.6) is 5.75 Å². The highest BCUT2D eigenvalue weighted by atomic mass is 16.5. The summed E-state index contributed by atoms with van der Waals surface area (Å²) < 4.78 is 5.14. The third-order valence-electron chi connectivity index (χ3n) is 8.34. The first-order valence-electron chi connectivity index (χ1n) is 12.2. The fourth-order valence-corrected chi connectivity index (χ4v) is 6.95. The average Bonchev–Trinajstić information content (AvgIpc) is 3.11. The maximum absolute atomic E-state index is 10.4. The van der Waals surface area contributed by atoms with Crippen LogP contribution in [0.2, 0.25) is 0 Å². The number of aliphatic hydroxyl groups excluding tert-OH is 1. The van der Waals surface area contributed by atoms with Crippen molar-refractivity contribution in [3.05, 3.63) is 29.3 Å². The summed E-state index contributed by atoms with van der Waals surface area (Å²) in [5, 5.41) is 20.6. The van der Waals surface area contributed by atoms with Crippen molar-refractivity contribution in [3.8, 4) is 5.75 Å². The van der Waals surface area contributed by atoms with Crippen molar-refractivity contribution in [2.45, 2.75) is 95.0 Å². The highest BCUT2D eigenvalue weighted by molar-refractivity contribution is 5.42. The van der Waals surface area contributed by atoms with Crippen LogP contribution in [0.25, 0.3) is 0 Å². The molecule has 2 fully saturated rings. The molecule has 2 saturated carbocycles. The number of unbranched alkanes of at least 4 members (excludes halogenated alkanes) is 5. The maximum Gasteiger partial charge on any atom is 0.115 e. The van der Waals surface area contributed by atoms with Gasteiger partial charge in [0, 0.05) is 13.7 Å². The van der Waals surface area contributed by atoms with Gasteiger partial charge < -0.3 is 14.9 Å². The van der Waals surface area contributed by atoms with E-state index in [1.54, 1.807) is 7.11 Å². The summed E-state index contributed by atoms with van der Waals surface area (Å²) in [4.78, 5) is 0. The minimum atomic E-state index is -0.0567. The zero-order valence-electron chi connectivity index (χ0n) is 18.2. The van der Waals surface area contributed by atoms with Gasteiger partial charge in [0.1, 0.15) is 5.75 Å². The summed E-state index contributed by atoms with van der Waals surface area (Å²) in [6.45, 7) is 0.891. The number of phenolic OH excluding ortho intramolecular Hbond substituents is 1. The lowest BCUT2D eigenvalue weighted by Crippen LogP contribution is -2.37. The third-order valence-corrected chi connectivity index (χ3v) is 8.34. The molecule has 3 heteroatoms. The van der Waals surface area contributed by atoms with Crippen LogP contribution in [0, 0.1) is 17.8 Å². The van der Waals surface area contributed by atoms with Crippen molar-refractivity contribution in [2.24, 2.45) is 17.8 Å². The van der Waals surface area contributed by atoms with Crippen LogP contribution < -0.4 is 0 Å². The van der Waals surface area contributed by atoms with Crippen LogP contribution in [-0.4, -0.2) is 30.0 Å². The molecule has 0 saturated heterocycles. The second-order valence-corrected chi connectivity index (χ2v) is 9.97. The van der Waals surface area contributed by atoms with E-state index in [4.69, 9.17) is 4.74 Å². The van der Waals surface area contributed by atoms with Gasteiger partial charge in [0.05, 0.1) is 6.10 Å². The molecule has 0 amide bonds. The van der Waals surface area contributed by atoms with Gasteiger partial charge in [-0.3, -0.25) is 0 Å². The molecule has 29 heavy (non-hydrogen) atoms. The van der Waals surface area contributed by atoms with Crippen LogP contribution >= 0.6 is 0 Å². The summed E-state index contributed by atoms with van der Waals surface area (Å²) in [6.07, 6.45) is 14.8. The highest BCUT2D eigenvalue weighted by Gasteiger charge is 2.48. The van der Waals surface area contributed by atoms with Crippen LogP contribution in [-0.2, 0) is 4.74 Å². The fraction of sp³-hybridized carbons (Fsp3) is 0.769. The zero-order valence-corrected chi connectivity index (χ0v) is 18.2. The van der Waals surface area contributed by atoms with E-state index in [0.29, 0.717) is 29.4 Å². The molecule has 0 radical (unpaired) electrons. The van der Waals surface area contributed by atoms with Gasteiger partial charge in [-0.05, 0) is 97.8 Å². The van der Waals surface area contributed by atoms with Gasteiger partial charge >= 0.3 is 0 Å². The van der Waals surface area contributed by atoms with E-state index in [0.717, 1.165) is 18.9 Å². The molecular formula is C26H40O3. The van der Waals surface area contributed by atoms with E-state index in [2.05, 4.69) is 12.1 Å². The van der Waals surface area contributed by atoms with E-state index in [-0.39, 0.29) is 6.10 Å². The number of fused-ring (bicyclic) bond motifs is 5. The number of aliphatic hydroxyl groups is 1. The van der Waals surface area contributed by atoms with E-state index in [1.165, 1.54) is 81.8 Å². The lowest BCUT2D eigenvalue weighted by Gasteiger charge is -2.47. The Morgan fingerprint density at radius 2 is 1.62 bits per heavy atom. The summed E-state index contributed by atoms with van der Waals surface area (Å²) in [6, 6.07) is 6.18. The normalized spacial score (nSPS) is 33.2. The molecule has 1 aromatic rings. The number of rotatable bonds is 9. The number of benzene rings is 1. The summed E-state index contributed by atoms with van der Waals surface area (Å²) in [5.74, 6) is 3.66. The predicted molar refractivity (Wildman–Crippen MR) is 117 cm³/mol. The topological polar surface area (TPSA) is 49.7 Å².